The van der Waals surface area contributed by atoms with Crippen LogP contribution in [0.25, 0.3) is 0 Å². The van der Waals surface area contributed by atoms with Crippen LogP contribution in [0.15, 0.2) is 23.1 Å². The molecule has 1 aromatic heterocycles. The molecule has 0 bridgehead atoms. The van der Waals surface area contributed by atoms with Crippen LogP contribution in [0.1, 0.15) is 47.2 Å². The van der Waals surface area contributed by atoms with Gasteiger partial charge in [-0.05, 0) is 31.5 Å². The van der Waals surface area contributed by atoms with Crippen molar-refractivity contribution in [2.24, 2.45) is 0 Å². The summed E-state index contributed by atoms with van der Waals surface area (Å²) in [5, 5.41) is 6.39. The van der Waals surface area contributed by atoms with Gasteiger partial charge in [0.25, 0.3) is 5.91 Å². The maximum Gasteiger partial charge on any atom is 0.362 e. The Hall–Kier alpha value is -2.37. The number of esters is 1. The monoisotopic (exact) mass is 426 g/mol. The van der Waals surface area contributed by atoms with Crippen molar-refractivity contribution in [3.63, 3.8) is 0 Å². The van der Waals surface area contributed by atoms with Crippen molar-refractivity contribution >= 4 is 38.4 Å². The van der Waals surface area contributed by atoms with E-state index in [-0.39, 0.29) is 27.8 Å². The molecule has 1 N–H and O–H groups in total. The lowest BCUT2D eigenvalue weighted by Gasteiger charge is -2.19. The van der Waals surface area contributed by atoms with Gasteiger partial charge >= 0.3 is 5.97 Å². The van der Waals surface area contributed by atoms with Gasteiger partial charge in [0.1, 0.15) is 0 Å². The molecule has 11 heteroatoms. The van der Waals surface area contributed by atoms with Crippen molar-refractivity contribution < 1.29 is 22.7 Å². The minimum absolute atomic E-state index is 0.0278. The SMILES string of the molecule is CCOC(=O)c1nnsc1NC(=O)c1cc(S(=O)(=O)N(CC)CC)ccc1C. The van der Waals surface area contributed by atoms with Crippen LogP contribution in [0.2, 0.25) is 0 Å². The average molecular weight is 427 g/mol. The fraction of sp³-hybridized carbons (Fsp3) is 0.412. The Bertz CT molecular complexity index is 968. The van der Waals surface area contributed by atoms with Crippen molar-refractivity contribution in [3.05, 3.63) is 35.0 Å². The Labute approximate surface area is 167 Å². The molecule has 152 valence electrons. The van der Waals surface area contributed by atoms with E-state index < -0.39 is 21.9 Å². The number of benzene rings is 1. The Morgan fingerprint density at radius 3 is 2.50 bits per heavy atom. The zero-order chi connectivity index (χ0) is 20.9. The lowest BCUT2D eigenvalue weighted by Crippen LogP contribution is -2.30. The molecular weight excluding hydrogens is 404 g/mol. The first kappa shape index (κ1) is 21.9. The summed E-state index contributed by atoms with van der Waals surface area (Å²) in [5.41, 5.74) is 0.673. The van der Waals surface area contributed by atoms with Crippen LogP contribution in [0.5, 0.6) is 0 Å². The van der Waals surface area contributed by atoms with E-state index in [4.69, 9.17) is 4.74 Å². The first-order valence-electron chi connectivity index (χ1n) is 8.67. The molecule has 0 saturated carbocycles. The summed E-state index contributed by atoms with van der Waals surface area (Å²) >= 11 is 0.834. The normalized spacial score (nSPS) is 11.5. The number of carbonyl (C=O) groups is 2. The molecule has 1 aromatic carbocycles. The van der Waals surface area contributed by atoms with Crippen LogP contribution in [0, 0.1) is 6.92 Å². The minimum atomic E-state index is -3.71. The molecule has 0 spiro atoms. The van der Waals surface area contributed by atoms with Crippen LogP contribution >= 0.6 is 11.5 Å². The number of hydrogen-bond donors (Lipinski definition) is 1. The lowest BCUT2D eigenvalue weighted by molar-refractivity contribution is 0.0520. The lowest BCUT2D eigenvalue weighted by atomic mass is 10.1. The quantitative estimate of drug-likeness (QED) is 0.643. The Morgan fingerprint density at radius 1 is 1.21 bits per heavy atom. The molecule has 0 atom stereocenters. The maximum absolute atomic E-state index is 12.7. The third-order valence-electron chi connectivity index (χ3n) is 3.98. The summed E-state index contributed by atoms with van der Waals surface area (Å²) in [7, 11) is -3.71. The number of hydrogen-bond acceptors (Lipinski definition) is 8. The third kappa shape index (κ3) is 4.54. The first-order valence-corrected chi connectivity index (χ1v) is 10.9. The van der Waals surface area contributed by atoms with Crippen molar-refractivity contribution in [2.45, 2.75) is 32.6 Å². The van der Waals surface area contributed by atoms with Crippen LogP contribution in [-0.2, 0) is 14.8 Å². The van der Waals surface area contributed by atoms with Gasteiger partial charge in [-0.2, -0.15) is 4.31 Å². The number of amides is 1. The predicted octanol–water partition coefficient (Wildman–Crippen LogP) is 2.31. The number of nitrogens with zero attached hydrogens (tertiary/aromatic N) is 3. The number of anilines is 1. The molecule has 2 aromatic rings. The second-order valence-electron chi connectivity index (χ2n) is 5.69. The number of aromatic nitrogens is 2. The number of ether oxygens (including phenoxy) is 1. The van der Waals surface area contributed by atoms with Crippen LogP contribution in [-0.4, -0.2) is 53.9 Å². The number of aryl methyl sites for hydroxylation is 1. The number of rotatable bonds is 8. The molecule has 0 saturated heterocycles. The smallest absolute Gasteiger partial charge is 0.362 e. The molecule has 0 fully saturated rings. The van der Waals surface area contributed by atoms with Gasteiger partial charge < -0.3 is 10.1 Å². The standard InChI is InChI=1S/C17H22N4O5S2/c1-5-21(6-2)28(24,25)12-9-8-11(4)13(10-12)15(22)18-16-14(19-20-27-16)17(23)26-7-3/h8-10H,5-7H2,1-4H3,(H,18,22). The second-order valence-corrected chi connectivity index (χ2v) is 8.38. The van der Waals surface area contributed by atoms with Gasteiger partial charge in [0.2, 0.25) is 15.7 Å². The summed E-state index contributed by atoms with van der Waals surface area (Å²) in [6.07, 6.45) is 0. The zero-order valence-corrected chi connectivity index (χ0v) is 17.7. The number of carbonyl (C=O) groups excluding carboxylic acids is 2. The highest BCUT2D eigenvalue weighted by molar-refractivity contribution is 7.89. The van der Waals surface area contributed by atoms with E-state index in [1.165, 1.54) is 16.4 Å². The van der Waals surface area contributed by atoms with Gasteiger partial charge in [0, 0.05) is 30.2 Å². The van der Waals surface area contributed by atoms with Crippen LogP contribution in [0.3, 0.4) is 0 Å². The predicted molar refractivity (Wildman–Crippen MR) is 105 cm³/mol. The summed E-state index contributed by atoms with van der Waals surface area (Å²) in [4.78, 5) is 24.6. The van der Waals surface area contributed by atoms with Crippen molar-refractivity contribution in [1.29, 1.82) is 0 Å². The fourth-order valence-electron chi connectivity index (χ4n) is 2.49. The second kappa shape index (κ2) is 9.22. The average Bonchev–Trinajstić information content (AvgIpc) is 3.11. The molecule has 1 amide bonds. The van der Waals surface area contributed by atoms with Crippen molar-refractivity contribution in [3.8, 4) is 0 Å². The van der Waals surface area contributed by atoms with Gasteiger partial charge in [-0.1, -0.05) is 24.4 Å². The van der Waals surface area contributed by atoms with Gasteiger partial charge in [0.05, 0.1) is 11.5 Å². The fourth-order valence-corrected chi connectivity index (χ4v) is 4.53. The Kier molecular flexibility index (Phi) is 7.22. The van der Waals surface area contributed by atoms with E-state index in [1.54, 1.807) is 33.8 Å². The van der Waals surface area contributed by atoms with Gasteiger partial charge in [-0.3, -0.25) is 4.79 Å². The molecule has 28 heavy (non-hydrogen) atoms. The number of nitrogens with one attached hydrogen (secondary N) is 1. The van der Waals surface area contributed by atoms with Gasteiger partial charge in [0.15, 0.2) is 5.00 Å². The molecule has 2 rings (SSSR count). The molecule has 0 aliphatic heterocycles. The van der Waals surface area contributed by atoms with Crippen LogP contribution in [0.4, 0.5) is 5.00 Å². The van der Waals surface area contributed by atoms with Crippen LogP contribution < -0.4 is 5.32 Å². The summed E-state index contributed by atoms with van der Waals surface area (Å²) in [6.45, 7) is 7.65. The first-order chi connectivity index (χ1) is 13.3. The topological polar surface area (TPSA) is 119 Å². The molecule has 9 nitrogen and oxygen atoms in total. The van der Waals surface area contributed by atoms with E-state index >= 15 is 0 Å². The molecule has 0 radical (unpaired) electrons. The molecular formula is C17H22N4O5S2. The van der Waals surface area contributed by atoms with Gasteiger partial charge in [-0.25, -0.2) is 13.2 Å². The van der Waals surface area contributed by atoms with E-state index in [0.717, 1.165) is 11.5 Å². The minimum Gasteiger partial charge on any atom is -0.461 e. The highest BCUT2D eigenvalue weighted by Gasteiger charge is 2.25. The molecule has 1 heterocycles. The summed E-state index contributed by atoms with van der Waals surface area (Å²) < 4.78 is 35.3. The highest BCUT2D eigenvalue weighted by Crippen LogP contribution is 2.23. The molecule has 0 unspecified atom stereocenters. The third-order valence-corrected chi connectivity index (χ3v) is 6.67. The zero-order valence-electron chi connectivity index (χ0n) is 16.1. The van der Waals surface area contributed by atoms with E-state index in [0.29, 0.717) is 18.7 Å². The Balaban J connectivity index is 2.35. The molecule has 0 aliphatic rings. The largest absolute Gasteiger partial charge is 0.461 e. The van der Waals surface area contributed by atoms with Crippen molar-refractivity contribution in [1.82, 2.24) is 13.9 Å². The molecule has 0 aliphatic carbocycles. The highest BCUT2D eigenvalue weighted by atomic mass is 32.2. The summed E-state index contributed by atoms with van der Waals surface area (Å²) in [6, 6.07) is 4.37. The van der Waals surface area contributed by atoms with E-state index in [2.05, 4.69) is 14.9 Å². The summed E-state index contributed by atoms with van der Waals surface area (Å²) in [5.74, 6) is -1.26. The maximum atomic E-state index is 12.7. The number of sulfonamides is 1. The Morgan fingerprint density at radius 2 is 1.89 bits per heavy atom. The van der Waals surface area contributed by atoms with Gasteiger partial charge in [-0.15, -0.1) is 5.10 Å². The van der Waals surface area contributed by atoms with E-state index in [1.807, 2.05) is 0 Å². The van der Waals surface area contributed by atoms with E-state index in [9.17, 15) is 18.0 Å². The van der Waals surface area contributed by atoms with Crippen molar-refractivity contribution in [2.75, 3.05) is 25.0 Å².